The van der Waals surface area contributed by atoms with Crippen LogP contribution in [0.15, 0.2) is 28.7 Å². The summed E-state index contributed by atoms with van der Waals surface area (Å²) in [7, 11) is 1.98. The highest BCUT2D eigenvalue weighted by atomic mass is 79.9. The predicted octanol–water partition coefficient (Wildman–Crippen LogP) is 1.29. The van der Waals surface area contributed by atoms with Crippen molar-refractivity contribution in [1.29, 1.82) is 0 Å². The Morgan fingerprint density at radius 2 is 2.35 bits per heavy atom. The molecule has 1 saturated heterocycles. The molecule has 1 aliphatic rings. The van der Waals surface area contributed by atoms with Gasteiger partial charge in [0, 0.05) is 29.3 Å². The fraction of sp³-hybridized carbons (Fsp3) is 0.417. The average molecular weight is 298 g/mol. The molecule has 4 nitrogen and oxygen atoms in total. The van der Waals surface area contributed by atoms with E-state index in [9.17, 15) is 4.79 Å². The third kappa shape index (κ3) is 3.52. The maximum Gasteiger partial charge on any atom is 0.238 e. The summed E-state index contributed by atoms with van der Waals surface area (Å²) in [6.07, 6.45) is 0. The number of hydrogen-bond acceptors (Lipinski definition) is 3. The van der Waals surface area contributed by atoms with Gasteiger partial charge >= 0.3 is 0 Å². The Labute approximate surface area is 110 Å². The number of carbonyl (C=O) groups is 1. The molecule has 1 aromatic rings. The molecule has 17 heavy (non-hydrogen) atoms. The molecule has 1 aromatic carbocycles. The number of nitrogens with one attached hydrogen (secondary N) is 2. The summed E-state index contributed by atoms with van der Waals surface area (Å²) < 4.78 is 0.965. The number of hydrogen-bond donors (Lipinski definition) is 2. The Kier molecular flexibility index (Phi) is 4.15. The third-order valence-corrected chi connectivity index (χ3v) is 3.38. The monoisotopic (exact) mass is 297 g/mol. The lowest BCUT2D eigenvalue weighted by Gasteiger charge is -2.35. The van der Waals surface area contributed by atoms with Crippen molar-refractivity contribution in [2.45, 2.75) is 6.04 Å². The summed E-state index contributed by atoms with van der Waals surface area (Å²) in [5.41, 5.74) is 0.824. The number of nitrogens with zero attached hydrogens (tertiary/aromatic N) is 1. The van der Waals surface area contributed by atoms with Gasteiger partial charge in [-0.25, -0.2) is 0 Å². The second-order valence-electron chi connectivity index (χ2n) is 4.29. The normalized spacial score (nSPS) is 15.7. The number of benzene rings is 1. The largest absolute Gasteiger partial charge is 0.325 e. The van der Waals surface area contributed by atoms with Crippen molar-refractivity contribution in [2.75, 3.05) is 32.0 Å². The van der Waals surface area contributed by atoms with Crippen molar-refractivity contribution in [1.82, 2.24) is 10.2 Å². The highest BCUT2D eigenvalue weighted by molar-refractivity contribution is 9.10. The molecule has 1 aliphatic heterocycles. The first kappa shape index (κ1) is 12.5. The minimum Gasteiger partial charge on any atom is -0.325 e. The van der Waals surface area contributed by atoms with E-state index in [-0.39, 0.29) is 5.91 Å². The lowest BCUT2D eigenvalue weighted by Crippen LogP contribution is -2.57. The fourth-order valence-electron chi connectivity index (χ4n) is 1.71. The average Bonchev–Trinajstić information content (AvgIpc) is 2.13. The topological polar surface area (TPSA) is 44.4 Å². The van der Waals surface area contributed by atoms with Crippen LogP contribution in [0.1, 0.15) is 0 Å². The molecule has 0 spiro atoms. The van der Waals surface area contributed by atoms with Gasteiger partial charge in [-0.3, -0.25) is 9.69 Å². The van der Waals surface area contributed by atoms with Gasteiger partial charge in [0.15, 0.2) is 0 Å². The van der Waals surface area contributed by atoms with Crippen molar-refractivity contribution in [3.63, 3.8) is 0 Å². The second-order valence-corrected chi connectivity index (χ2v) is 5.20. The van der Waals surface area contributed by atoms with E-state index < -0.39 is 0 Å². The highest BCUT2D eigenvalue weighted by Gasteiger charge is 2.22. The van der Waals surface area contributed by atoms with Crippen molar-refractivity contribution in [2.24, 2.45) is 0 Å². The Morgan fingerprint density at radius 1 is 1.59 bits per heavy atom. The Morgan fingerprint density at radius 3 is 2.94 bits per heavy atom. The molecule has 92 valence electrons. The summed E-state index contributed by atoms with van der Waals surface area (Å²) >= 11 is 3.38. The van der Waals surface area contributed by atoms with Crippen LogP contribution >= 0.6 is 15.9 Å². The molecule has 0 saturated carbocycles. The van der Waals surface area contributed by atoms with E-state index in [1.165, 1.54) is 0 Å². The molecule has 0 bridgehead atoms. The van der Waals surface area contributed by atoms with Gasteiger partial charge in [-0.2, -0.15) is 0 Å². The maximum atomic E-state index is 11.8. The molecule has 1 fully saturated rings. The molecule has 0 aromatic heterocycles. The van der Waals surface area contributed by atoms with Gasteiger partial charge < -0.3 is 10.6 Å². The molecule has 0 atom stereocenters. The third-order valence-electron chi connectivity index (χ3n) is 2.88. The van der Waals surface area contributed by atoms with E-state index in [2.05, 4.69) is 31.5 Å². The second kappa shape index (κ2) is 5.62. The standard InChI is InChI=1S/C12H16BrN3O/c1-16(11-6-14-7-11)8-12(17)15-10-4-2-3-9(13)5-10/h2-5,11,14H,6-8H2,1H3,(H,15,17). The smallest absolute Gasteiger partial charge is 0.238 e. The predicted molar refractivity (Wildman–Crippen MR) is 72.1 cm³/mol. The van der Waals surface area contributed by atoms with E-state index in [1.807, 2.05) is 31.3 Å². The van der Waals surface area contributed by atoms with Crippen LogP contribution in [0, 0.1) is 0 Å². The number of carbonyl (C=O) groups excluding carboxylic acids is 1. The summed E-state index contributed by atoms with van der Waals surface area (Å²) in [5, 5.41) is 6.08. The van der Waals surface area contributed by atoms with E-state index >= 15 is 0 Å². The number of amides is 1. The molecule has 5 heteroatoms. The van der Waals surface area contributed by atoms with Crippen molar-refractivity contribution >= 4 is 27.5 Å². The van der Waals surface area contributed by atoms with E-state index in [4.69, 9.17) is 0 Å². The van der Waals surface area contributed by atoms with Gasteiger partial charge in [0.25, 0.3) is 0 Å². The summed E-state index contributed by atoms with van der Waals surface area (Å²) in [6.45, 7) is 2.38. The first-order valence-electron chi connectivity index (χ1n) is 5.61. The molecule has 2 N–H and O–H groups in total. The van der Waals surface area contributed by atoms with Crippen LogP contribution in [0.25, 0.3) is 0 Å². The molecule has 0 aliphatic carbocycles. The van der Waals surface area contributed by atoms with E-state index in [0.717, 1.165) is 23.2 Å². The summed E-state index contributed by atoms with van der Waals surface area (Å²) in [6, 6.07) is 8.10. The van der Waals surface area contributed by atoms with Gasteiger partial charge in [0.2, 0.25) is 5.91 Å². The lowest BCUT2D eigenvalue weighted by atomic mass is 10.1. The van der Waals surface area contributed by atoms with Crippen LogP contribution in [-0.4, -0.2) is 43.5 Å². The maximum absolute atomic E-state index is 11.8. The first-order valence-corrected chi connectivity index (χ1v) is 6.41. The fourth-order valence-corrected chi connectivity index (χ4v) is 2.11. The van der Waals surface area contributed by atoms with Crippen LogP contribution in [-0.2, 0) is 4.79 Å². The SMILES string of the molecule is CN(CC(=O)Nc1cccc(Br)c1)C1CNC1. The van der Waals surface area contributed by atoms with Gasteiger partial charge in [-0.15, -0.1) is 0 Å². The van der Waals surface area contributed by atoms with Crippen LogP contribution in [0.2, 0.25) is 0 Å². The number of likely N-dealkylation sites (N-methyl/N-ethyl adjacent to an activating group) is 1. The summed E-state index contributed by atoms with van der Waals surface area (Å²) in [4.78, 5) is 13.9. The molecule has 0 unspecified atom stereocenters. The quantitative estimate of drug-likeness (QED) is 0.880. The van der Waals surface area contributed by atoms with Gasteiger partial charge in [0.05, 0.1) is 6.54 Å². The van der Waals surface area contributed by atoms with E-state index in [1.54, 1.807) is 0 Å². The zero-order chi connectivity index (χ0) is 12.3. The molecule has 1 heterocycles. The number of anilines is 1. The number of halogens is 1. The highest BCUT2D eigenvalue weighted by Crippen LogP contribution is 2.15. The molecular weight excluding hydrogens is 282 g/mol. The van der Waals surface area contributed by atoms with Crippen LogP contribution in [0.4, 0.5) is 5.69 Å². The van der Waals surface area contributed by atoms with Crippen LogP contribution in [0.3, 0.4) is 0 Å². The van der Waals surface area contributed by atoms with Crippen LogP contribution in [0.5, 0.6) is 0 Å². The minimum atomic E-state index is 0.0255. The van der Waals surface area contributed by atoms with Crippen molar-refractivity contribution in [3.05, 3.63) is 28.7 Å². The van der Waals surface area contributed by atoms with Crippen LogP contribution < -0.4 is 10.6 Å². The summed E-state index contributed by atoms with van der Waals surface area (Å²) in [5.74, 6) is 0.0255. The van der Waals surface area contributed by atoms with Gasteiger partial charge in [0.1, 0.15) is 0 Å². The van der Waals surface area contributed by atoms with Gasteiger partial charge in [-0.1, -0.05) is 22.0 Å². The molecule has 2 rings (SSSR count). The number of rotatable bonds is 4. The van der Waals surface area contributed by atoms with Crippen molar-refractivity contribution in [3.8, 4) is 0 Å². The van der Waals surface area contributed by atoms with Gasteiger partial charge in [-0.05, 0) is 25.2 Å². The Hall–Kier alpha value is -0.910. The van der Waals surface area contributed by atoms with Crippen molar-refractivity contribution < 1.29 is 4.79 Å². The minimum absolute atomic E-state index is 0.0255. The Bertz CT molecular complexity index is 406. The van der Waals surface area contributed by atoms with E-state index in [0.29, 0.717) is 12.6 Å². The lowest BCUT2D eigenvalue weighted by molar-refractivity contribution is -0.117. The molecule has 0 radical (unpaired) electrons. The zero-order valence-corrected chi connectivity index (χ0v) is 11.3. The first-order chi connectivity index (χ1) is 8.15. The Balaban J connectivity index is 1.84. The molecule has 1 amide bonds. The molecular formula is C12H16BrN3O. The zero-order valence-electron chi connectivity index (χ0n) is 9.74.